The monoisotopic (exact) mass is 523 g/mol. The fourth-order valence-electron chi connectivity index (χ4n) is 3.46. The van der Waals surface area contributed by atoms with Crippen LogP contribution in [-0.4, -0.2) is 43.7 Å². The van der Waals surface area contributed by atoms with Crippen molar-refractivity contribution in [1.82, 2.24) is 15.6 Å². The van der Waals surface area contributed by atoms with Crippen molar-refractivity contribution in [2.24, 2.45) is 4.99 Å². The zero-order valence-electron chi connectivity index (χ0n) is 18.2. The summed E-state index contributed by atoms with van der Waals surface area (Å²) in [6, 6.07) is 12.3. The average Bonchev–Trinajstić information content (AvgIpc) is 2.76. The Kier molecular flexibility index (Phi) is 10.2. The topological polar surface area (TPSA) is 61.8 Å². The SMILES string of the molecule is CN=C(NCc1ccnc(N2CCCCC2)c1)NCC(C)Oc1ccccc1C.I. The molecule has 0 spiro atoms. The molecule has 6 nitrogen and oxygen atoms in total. The number of nitrogens with one attached hydrogen (secondary N) is 2. The van der Waals surface area contributed by atoms with Gasteiger partial charge >= 0.3 is 0 Å². The molecule has 30 heavy (non-hydrogen) atoms. The molecule has 0 aliphatic carbocycles. The number of ether oxygens (including phenoxy) is 1. The summed E-state index contributed by atoms with van der Waals surface area (Å²) in [6.45, 7) is 7.69. The van der Waals surface area contributed by atoms with Crippen LogP contribution in [0.4, 0.5) is 5.82 Å². The van der Waals surface area contributed by atoms with Crippen molar-refractivity contribution in [2.45, 2.75) is 45.8 Å². The first-order chi connectivity index (χ1) is 14.2. The molecule has 164 valence electrons. The van der Waals surface area contributed by atoms with Gasteiger partial charge in [0.15, 0.2) is 5.96 Å². The van der Waals surface area contributed by atoms with E-state index in [0.29, 0.717) is 13.1 Å². The van der Waals surface area contributed by atoms with Crippen LogP contribution in [0.2, 0.25) is 0 Å². The number of benzene rings is 1. The van der Waals surface area contributed by atoms with Crippen molar-refractivity contribution in [3.63, 3.8) is 0 Å². The molecule has 1 atom stereocenters. The zero-order valence-corrected chi connectivity index (χ0v) is 20.6. The fourth-order valence-corrected chi connectivity index (χ4v) is 3.46. The van der Waals surface area contributed by atoms with Gasteiger partial charge in [0, 0.05) is 32.9 Å². The molecule has 1 unspecified atom stereocenters. The normalized spacial score (nSPS) is 15.2. The summed E-state index contributed by atoms with van der Waals surface area (Å²) in [5, 5.41) is 6.73. The van der Waals surface area contributed by atoms with Crippen molar-refractivity contribution < 1.29 is 4.74 Å². The Morgan fingerprint density at radius 1 is 1.17 bits per heavy atom. The molecule has 2 aromatic rings. The van der Waals surface area contributed by atoms with Crippen LogP contribution in [-0.2, 0) is 6.54 Å². The maximum Gasteiger partial charge on any atom is 0.191 e. The predicted molar refractivity (Wildman–Crippen MR) is 135 cm³/mol. The van der Waals surface area contributed by atoms with E-state index in [0.717, 1.165) is 36.2 Å². The fraction of sp³-hybridized carbons (Fsp3) is 0.478. The van der Waals surface area contributed by atoms with Gasteiger partial charge in [0.25, 0.3) is 0 Å². The first-order valence-corrected chi connectivity index (χ1v) is 10.5. The standard InChI is InChI=1S/C23H33N5O.HI/c1-18-9-5-6-10-21(18)29-19(2)16-26-23(24-3)27-17-20-11-12-25-22(15-20)28-13-7-4-8-14-28;/h5-6,9-12,15,19H,4,7-8,13-14,16-17H2,1-3H3,(H2,24,26,27);1H. The Labute approximate surface area is 197 Å². The lowest BCUT2D eigenvalue weighted by Gasteiger charge is -2.28. The minimum atomic E-state index is 0. The minimum Gasteiger partial charge on any atom is -0.489 e. The van der Waals surface area contributed by atoms with E-state index in [1.165, 1.54) is 24.8 Å². The largest absolute Gasteiger partial charge is 0.489 e. The van der Waals surface area contributed by atoms with Gasteiger partial charge in [-0.25, -0.2) is 4.98 Å². The van der Waals surface area contributed by atoms with Gasteiger partial charge in [-0.05, 0) is 62.4 Å². The van der Waals surface area contributed by atoms with Gasteiger partial charge < -0.3 is 20.3 Å². The number of para-hydroxylation sites is 1. The van der Waals surface area contributed by atoms with E-state index < -0.39 is 0 Å². The zero-order chi connectivity index (χ0) is 20.5. The number of halogens is 1. The summed E-state index contributed by atoms with van der Waals surface area (Å²) >= 11 is 0. The highest BCUT2D eigenvalue weighted by Crippen LogP contribution is 2.19. The smallest absolute Gasteiger partial charge is 0.191 e. The van der Waals surface area contributed by atoms with E-state index in [4.69, 9.17) is 4.74 Å². The van der Waals surface area contributed by atoms with Crippen molar-refractivity contribution in [3.05, 3.63) is 53.7 Å². The number of nitrogens with zero attached hydrogens (tertiary/aromatic N) is 3. The van der Waals surface area contributed by atoms with Crippen LogP contribution in [0.1, 0.15) is 37.3 Å². The van der Waals surface area contributed by atoms with Gasteiger partial charge in [-0.15, -0.1) is 24.0 Å². The molecule has 0 radical (unpaired) electrons. The van der Waals surface area contributed by atoms with E-state index in [9.17, 15) is 0 Å². The number of guanidine groups is 1. The summed E-state index contributed by atoms with van der Waals surface area (Å²) < 4.78 is 6.03. The lowest BCUT2D eigenvalue weighted by Crippen LogP contribution is -2.41. The third-order valence-electron chi connectivity index (χ3n) is 5.15. The Balaban J connectivity index is 0.00000320. The van der Waals surface area contributed by atoms with Crippen LogP contribution < -0.4 is 20.3 Å². The summed E-state index contributed by atoms with van der Waals surface area (Å²) in [6.07, 6.45) is 5.76. The molecular weight excluding hydrogens is 489 g/mol. The first-order valence-electron chi connectivity index (χ1n) is 10.5. The van der Waals surface area contributed by atoms with Crippen LogP contribution >= 0.6 is 24.0 Å². The highest BCUT2D eigenvalue weighted by molar-refractivity contribution is 14.0. The lowest BCUT2D eigenvalue weighted by atomic mass is 10.1. The van der Waals surface area contributed by atoms with Crippen LogP contribution in [0.5, 0.6) is 5.75 Å². The number of hydrogen-bond acceptors (Lipinski definition) is 4. The van der Waals surface area contributed by atoms with Crippen molar-refractivity contribution in [2.75, 3.05) is 31.6 Å². The van der Waals surface area contributed by atoms with Gasteiger partial charge in [-0.2, -0.15) is 0 Å². The maximum absolute atomic E-state index is 6.03. The van der Waals surface area contributed by atoms with Gasteiger partial charge in [-0.1, -0.05) is 18.2 Å². The Hall–Kier alpha value is -2.03. The second-order valence-corrected chi connectivity index (χ2v) is 7.57. The molecule has 2 heterocycles. The summed E-state index contributed by atoms with van der Waals surface area (Å²) in [5.74, 6) is 2.76. The molecule has 1 aromatic carbocycles. The van der Waals surface area contributed by atoms with Crippen molar-refractivity contribution >= 4 is 35.8 Å². The second kappa shape index (κ2) is 12.6. The molecule has 0 amide bonds. The number of hydrogen-bond donors (Lipinski definition) is 2. The van der Waals surface area contributed by atoms with Crippen molar-refractivity contribution in [3.8, 4) is 5.75 Å². The molecule has 0 saturated carbocycles. The number of rotatable bonds is 7. The van der Waals surface area contributed by atoms with E-state index in [1.807, 2.05) is 24.4 Å². The quantitative estimate of drug-likeness (QED) is 0.325. The third kappa shape index (κ3) is 7.34. The van der Waals surface area contributed by atoms with Gasteiger partial charge in [-0.3, -0.25) is 4.99 Å². The van der Waals surface area contributed by atoms with Crippen LogP contribution in [0.15, 0.2) is 47.6 Å². The van der Waals surface area contributed by atoms with Crippen LogP contribution in [0.3, 0.4) is 0 Å². The van der Waals surface area contributed by atoms with Crippen LogP contribution in [0.25, 0.3) is 0 Å². The lowest BCUT2D eigenvalue weighted by molar-refractivity contribution is 0.222. The minimum absolute atomic E-state index is 0. The predicted octanol–water partition coefficient (Wildman–Crippen LogP) is 4.13. The molecule has 1 fully saturated rings. The molecule has 1 aliphatic heterocycles. The third-order valence-corrected chi connectivity index (χ3v) is 5.15. The highest BCUT2D eigenvalue weighted by Gasteiger charge is 2.12. The molecule has 1 aromatic heterocycles. The van der Waals surface area contributed by atoms with Gasteiger partial charge in [0.05, 0.1) is 6.54 Å². The number of aryl methyl sites for hydroxylation is 1. The molecule has 7 heteroatoms. The highest BCUT2D eigenvalue weighted by atomic mass is 127. The number of aromatic nitrogens is 1. The molecular formula is C23H34IN5O. The second-order valence-electron chi connectivity index (χ2n) is 7.57. The molecule has 3 rings (SSSR count). The first kappa shape index (κ1) is 24.2. The maximum atomic E-state index is 6.03. The number of aliphatic imine (C=N–C) groups is 1. The van der Waals surface area contributed by atoms with E-state index in [2.05, 4.69) is 57.6 Å². The Bertz CT molecular complexity index is 808. The van der Waals surface area contributed by atoms with E-state index in [-0.39, 0.29) is 30.1 Å². The summed E-state index contributed by atoms with van der Waals surface area (Å²) in [5.41, 5.74) is 2.34. The molecule has 1 saturated heterocycles. The summed E-state index contributed by atoms with van der Waals surface area (Å²) in [4.78, 5) is 11.3. The number of pyridine rings is 1. The number of piperidine rings is 1. The van der Waals surface area contributed by atoms with Crippen molar-refractivity contribution in [1.29, 1.82) is 0 Å². The van der Waals surface area contributed by atoms with Gasteiger partial charge in [0.2, 0.25) is 0 Å². The average molecular weight is 523 g/mol. The molecule has 0 bridgehead atoms. The van der Waals surface area contributed by atoms with E-state index in [1.54, 1.807) is 7.05 Å². The van der Waals surface area contributed by atoms with Crippen LogP contribution in [0, 0.1) is 6.92 Å². The van der Waals surface area contributed by atoms with Gasteiger partial charge in [0.1, 0.15) is 17.7 Å². The van der Waals surface area contributed by atoms with E-state index >= 15 is 0 Å². The Morgan fingerprint density at radius 3 is 2.67 bits per heavy atom. The number of anilines is 1. The summed E-state index contributed by atoms with van der Waals surface area (Å²) in [7, 11) is 1.79. The molecule has 2 N–H and O–H groups in total. The molecule has 1 aliphatic rings. The Morgan fingerprint density at radius 2 is 1.93 bits per heavy atom.